The zero-order valence-electron chi connectivity index (χ0n) is 12.9. The molecule has 2 aromatic rings. The summed E-state index contributed by atoms with van der Waals surface area (Å²) in [6, 6.07) is 11.4. The molecule has 0 saturated heterocycles. The van der Waals surface area contributed by atoms with Gasteiger partial charge in [-0.25, -0.2) is 9.18 Å². The Morgan fingerprint density at radius 1 is 1.27 bits per heavy atom. The van der Waals surface area contributed by atoms with E-state index in [-0.39, 0.29) is 11.8 Å². The Hall–Kier alpha value is -2.56. The highest BCUT2D eigenvalue weighted by Crippen LogP contribution is 2.21. The van der Waals surface area contributed by atoms with Gasteiger partial charge in [0.25, 0.3) is 0 Å². The molecule has 0 aliphatic rings. The van der Waals surface area contributed by atoms with Crippen molar-refractivity contribution in [2.45, 2.75) is 13.5 Å². The molecule has 0 bridgehead atoms. The Kier molecular flexibility index (Phi) is 4.99. The van der Waals surface area contributed by atoms with E-state index < -0.39 is 0 Å². The highest BCUT2D eigenvalue weighted by Gasteiger charge is 2.10. The first-order chi connectivity index (χ1) is 10.5. The van der Waals surface area contributed by atoms with Gasteiger partial charge in [-0.1, -0.05) is 12.1 Å². The number of urea groups is 1. The van der Waals surface area contributed by atoms with Gasteiger partial charge in [-0.2, -0.15) is 0 Å². The first kappa shape index (κ1) is 15.8. The summed E-state index contributed by atoms with van der Waals surface area (Å²) in [6.45, 7) is 2.24. The molecule has 2 rings (SSSR count). The molecule has 0 fully saturated rings. The number of ether oxygens (including phenoxy) is 1. The molecule has 2 amide bonds. The van der Waals surface area contributed by atoms with Crippen LogP contribution in [0.25, 0.3) is 0 Å². The molecule has 0 spiro atoms. The Bertz CT molecular complexity index is 673. The second-order valence-corrected chi connectivity index (χ2v) is 5.10. The summed E-state index contributed by atoms with van der Waals surface area (Å²) in [4.78, 5) is 13.7. The maximum absolute atomic E-state index is 13.2. The zero-order valence-corrected chi connectivity index (χ0v) is 12.9. The molecule has 0 aliphatic carbocycles. The maximum atomic E-state index is 13.2. The smallest absolute Gasteiger partial charge is 0.321 e. The molecule has 0 radical (unpaired) electrons. The lowest BCUT2D eigenvalue weighted by Gasteiger charge is -2.18. The molecule has 0 atom stereocenters. The Morgan fingerprint density at radius 2 is 2.05 bits per heavy atom. The minimum Gasteiger partial charge on any atom is -0.496 e. The number of nitrogens with zero attached hydrogens (tertiary/aromatic N) is 1. The van der Waals surface area contributed by atoms with E-state index in [1.54, 1.807) is 38.4 Å². The minimum atomic E-state index is -0.308. The van der Waals surface area contributed by atoms with Gasteiger partial charge < -0.3 is 15.0 Å². The van der Waals surface area contributed by atoms with Crippen LogP contribution in [0.1, 0.15) is 11.1 Å². The SMILES string of the molecule is COc1ccc(NC(=O)N(C)Cc2cccc(F)c2)cc1C. The van der Waals surface area contributed by atoms with Crippen molar-refractivity contribution in [3.8, 4) is 5.75 Å². The van der Waals surface area contributed by atoms with E-state index in [2.05, 4.69) is 5.32 Å². The van der Waals surface area contributed by atoms with Crippen molar-refractivity contribution in [1.29, 1.82) is 0 Å². The van der Waals surface area contributed by atoms with E-state index in [9.17, 15) is 9.18 Å². The van der Waals surface area contributed by atoms with Crippen molar-refractivity contribution in [1.82, 2.24) is 4.90 Å². The normalized spacial score (nSPS) is 10.2. The third-order valence-corrected chi connectivity index (χ3v) is 3.30. The number of carbonyl (C=O) groups excluding carboxylic acids is 1. The van der Waals surface area contributed by atoms with Crippen LogP contribution in [0.2, 0.25) is 0 Å². The van der Waals surface area contributed by atoms with E-state index in [1.807, 2.05) is 13.0 Å². The predicted molar refractivity (Wildman–Crippen MR) is 84.6 cm³/mol. The van der Waals surface area contributed by atoms with Gasteiger partial charge in [0.15, 0.2) is 0 Å². The van der Waals surface area contributed by atoms with Crippen LogP contribution in [-0.2, 0) is 6.54 Å². The maximum Gasteiger partial charge on any atom is 0.321 e. The first-order valence-corrected chi connectivity index (χ1v) is 6.91. The van der Waals surface area contributed by atoms with Crippen LogP contribution < -0.4 is 10.1 Å². The van der Waals surface area contributed by atoms with E-state index >= 15 is 0 Å². The predicted octanol–water partition coefficient (Wildman–Crippen LogP) is 3.81. The molecule has 116 valence electrons. The van der Waals surface area contributed by atoms with Crippen LogP contribution in [0.15, 0.2) is 42.5 Å². The highest BCUT2D eigenvalue weighted by molar-refractivity contribution is 5.89. The van der Waals surface area contributed by atoms with Crippen LogP contribution in [0.5, 0.6) is 5.75 Å². The number of rotatable bonds is 4. The van der Waals surface area contributed by atoms with Gasteiger partial charge in [-0.05, 0) is 48.4 Å². The number of benzene rings is 2. The van der Waals surface area contributed by atoms with Crippen molar-refractivity contribution >= 4 is 11.7 Å². The van der Waals surface area contributed by atoms with Crippen LogP contribution in [0.3, 0.4) is 0 Å². The summed E-state index contributed by atoms with van der Waals surface area (Å²) in [5.74, 6) is 0.461. The van der Waals surface area contributed by atoms with Crippen LogP contribution in [0, 0.1) is 12.7 Å². The van der Waals surface area contributed by atoms with Gasteiger partial charge >= 0.3 is 6.03 Å². The third-order valence-electron chi connectivity index (χ3n) is 3.30. The molecule has 22 heavy (non-hydrogen) atoms. The van der Waals surface area contributed by atoms with Crippen molar-refractivity contribution in [2.75, 3.05) is 19.5 Å². The third kappa shape index (κ3) is 3.97. The molecule has 0 heterocycles. The van der Waals surface area contributed by atoms with E-state index in [0.717, 1.165) is 16.9 Å². The number of methoxy groups -OCH3 is 1. The lowest BCUT2D eigenvalue weighted by atomic mass is 10.2. The topological polar surface area (TPSA) is 41.6 Å². The molecular formula is C17H19FN2O2. The molecule has 4 nitrogen and oxygen atoms in total. The monoisotopic (exact) mass is 302 g/mol. The van der Waals surface area contributed by atoms with Gasteiger partial charge in [-0.15, -0.1) is 0 Å². The zero-order chi connectivity index (χ0) is 16.1. The van der Waals surface area contributed by atoms with Crippen molar-refractivity contribution < 1.29 is 13.9 Å². The molecule has 5 heteroatoms. The van der Waals surface area contributed by atoms with Gasteiger partial charge in [-0.3, -0.25) is 0 Å². The average Bonchev–Trinajstić information content (AvgIpc) is 2.47. The molecule has 0 unspecified atom stereocenters. The fourth-order valence-corrected chi connectivity index (χ4v) is 2.16. The standard InChI is InChI=1S/C17H19FN2O2/c1-12-9-15(7-8-16(12)22-3)19-17(21)20(2)11-13-5-4-6-14(18)10-13/h4-10H,11H2,1-3H3,(H,19,21). The molecule has 0 aromatic heterocycles. The van der Waals surface area contributed by atoms with Gasteiger partial charge in [0.2, 0.25) is 0 Å². The summed E-state index contributed by atoms with van der Waals surface area (Å²) >= 11 is 0. The van der Waals surface area contributed by atoms with E-state index in [1.165, 1.54) is 17.0 Å². The summed E-state index contributed by atoms with van der Waals surface area (Å²) < 4.78 is 18.3. The Balaban J connectivity index is 2.00. The van der Waals surface area contributed by atoms with Crippen LogP contribution >= 0.6 is 0 Å². The van der Waals surface area contributed by atoms with Gasteiger partial charge in [0.05, 0.1) is 7.11 Å². The number of halogens is 1. The first-order valence-electron chi connectivity index (χ1n) is 6.91. The van der Waals surface area contributed by atoms with Crippen molar-refractivity contribution in [3.63, 3.8) is 0 Å². The number of nitrogens with one attached hydrogen (secondary N) is 1. The second-order valence-electron chi connectivity index (χ2n) is 5.10. The average molecular weight is 302 g/mol. The quantitative estimate of drug-likeness (QED) is 0.933. The van der Waals surface area contributed by atoms with Gasteiger partial charge in [0.1, 0.15) is 11.6 Å². The number of carbonyl (C=O) groups is 1. The molecule has 0 aliphatic heterocycles. The fraction of sp³-hybridized carbons (Fsp3) is 0.235. The molecular weight excluding hydrogens is 283 g/mol. The highest BCUT2D eigenvalue weighted by atomic mass is 19.1. The number of amides is 2. The van der Waals surface area contributed by atoms with Crippen molar-refractivity contribution in [3.05, 3.63) is 59.4 Å². The Labute approximate surface area is 129 Å². The van der Waals surface area contributed by atoms with Gasteiger partial charge in [0, 0.05) is 19.3 Å². The van der Waals surface area contributed by atoms with E-state index in [0.29, 0.717) is 12.2 Å². The fourth-order valence-electron chi connectivity index (χ4n) is 2.16. The number of hydrogen-bond acceptors (Lipinski definition) is 2. The van der Waals surface area contributed by atoms with E-state index in [4.69, 9.17) is 4.74 Å². The lowest BCUT2D eigenvalue weighted by Crippen LogP contribution is -2.30. The summed E-state index contributed by atoms with van der Waals surface area (Å²) in [7, 11) is 3.27. The second kappa shape index (κ2) is 6.93. The van der Waals surface area contributed by atoms with Crippen molar-refractivity contribution in [2.24, 2.45) is 0 Å². The molecule has 1 N–H and O–H groups in total. The summed E-state index contributed by atoms with van der Waals surface area (Å²) in [5, 5.41) is 2.81. The Morgan fingerprint density at radius 3 is 2.68 bits per heavy atom. The molecule has 2 aromatic carbocycles. The van der Waals surface area contributed by atoms with Crippen LogP contribution in [0.4, 0.5) is 14.9 Å². The number of anilines is 1. The lowest BCUT2D eigenvalue weighted by molar-refractivity contribution is 0.220. The number of hydrogen-bond donors (Lipinski definition) is 1. The largest absolute Gasteiger partial charge is 0.496 e. The van der Waals surface area contributed by atoms with Crippen LogP contribution in [-0.4, -0.2) is 25.1 Å². The minimum absolute atomic E-state index is 0.256. The summed E-state index contributed by atoms with van der Waals surface area (Å²) in [6.07, 6.45) is 0. The molecule has 0 saturated carbocycles. The number of aryl methyl sites for hydroxylation is 1. The summed E-state index contributed by atoms with van der Waals surface area (Å²) in [5.41, 5.74) is 2.37.